The van der Waals surface area contributed by atoms with Crippen molar-refractivity contribution >= 4 is 21.8 Å². The lowest BCUT2D eigenvalue weighted by molar-refractivity contribution is -0.125. The number of amides is 1. The fourth-order valence-electron chi connectivity index (χ4n) is 2.14. The summed E-state index contributed by atoms with van der Waals surface area (Å²) in [6, 6.07) is 11.1. The van der Waals surface area contributed by atoms with E-state index >= 15 is 0 Å². The van der Waals surface area contributed by atoms with Crippen LogP contribution in [-0.2, 0) is 17.9 Å². The highest BCUT2D eigenvalue weighted by atomic mass is 79.9. The zero-order valence-electron chi connectivity index (χ0n) is 13.5. The minimum atomic E-state index is -0.260. The number of furan rings is 1. The molecule has 124 valence electrons. The first-order chi connectivity index (χ1) is 11.0. The SMILES string of the molecule is COc1cccc(CNC(=O)C(C)N(C)Cc2ccc(Br)o2)c1. The van der Waals surface area contributed by atoms with Crippen LogP contribution in [0.4, 0.5) is 0 Å². The largest absolute Gasteiger partial charge is 0.497 e. The molecule has 1 aromatic heterocycles. The predicted octanol–water partition coefficient (Wildman–Crippen LogP) is 3.19. The average molecular weight is 381 g/mol. The van der Waals surface area contributed by atoms with Gasteiger partial charge in [-0.2, -0.15) is 0 Å². The van der Waals surface area contributed by atoms with E-state index in [-0.39, 0.29) is 11.9 Å². The third kappa shape index (κ3) is 5.11. The summed E-state index contributed by atoms with van der Waals surface area (Å²) in [5.74, 6) is 1.57. The van der Waals surface area contributed by atoms with Crippen LogP contribution in [0.15, 0.2) is 45.5 Å². The summed E-state index contributed by atoms with van der Waals surface area (Å²) in [4.78, 5) is 14.2. The maximum Gasteiger partial charge on any atom is 0.237 e. The van der Waals surface area contributed by atoms with Crippen LogP contribution >= 0.6 is 15.9 Å². The number of nitrogens with zero attached hydrogens (tertiary/aromatic N) is 1. The third-order valence-electron chi connectivity index (χ3n) is 3.68. The molecule has 0 aliphatic carbocycles. The molecule has 2 aromatic rings. The number of benzene rings is 1. The Bertz CT molecular complexity index is 657. The highest BCUT2D eigenvalue weighted by Gasteiger charge is 2.19. The molecule has 1 atom stereocenters. The second-order valence-corrected chi connectivity index (χ2v) is 6.15. The van der Waals surface area contributed by atoms with E-state index in [4.69, 9.17) is 9.15 Å². The van der Waals surface area contributed by atoms with Crippen molar-refractivity contribution in [1.82, 2.24) is 10.2 Å². The van der Waals surface area contributed by atoms with Gasteiger partial charge in [0.15, 0.2) is 4.67 Å². The molecule has 0 spiro atoms. The van der Waals surface area contributed by atoms with E-state index in [2.05, 4.69) is 21.2 Å². The van der Waals surface area contributed by atoms with Crippen molar-refractivity contribution in [1.29, 1.82) is 0 Å². The zero-order valence-corrected chi connectivity index (χ0v) is 15.1. The van der Waals surface area contributed by atoms with Gasteiger partial charge in [-0.3, -0.25) is 9.69 Å². The Morgan fingerprint density at radius 2 is 2.17 bits per heavy atom. The van der Waals surface area contributed by atoms with Gasteiger partial charge in [0.1, 0.15) is 11.5 Å². The number of hydrogen-bond donors (Lipinski definition) is 1. The number of likely N-dealkylation sites (N-methyl/N-ethyl adjacent to an activating group) is 1. The average Bonchev–Trinajstić information content (AvgIpc) is 2.96. The van der Waals surface area contributed by atoms with Gasteiger partial charge >= 0.3 is 0 Å². The van der Waals surface area contributed by atoms with E-state index in [0.29, 0.717) is 17.8 Å². The highest BCUT2D eigenvalue weighted by molar-refractivity contribution is 9.10. The number of carbonyl (C=O) groups excluding carboxylic acids is 1. The van der Waals surface area contributed by atoms with Gasteiger partial charge in [0.05, 0.1) is 19.7 Å². The van der Waals surface area contributed by atoms with E-state index in [1.165, 1.54) is 0 Å². The van der Waals surface area contributed by atoms with Gasteiger partial charge in [-0.1, -0.05) is 12.1 Å². The summed E-state index contributed by atoms with van der Waals surface area (Å²) in [7, 11) is 3.52. The van der Waals surface area contributed by atoms with E-state index < -0.39 is 0 Å². The van der Waals surface area contributed by atoms with Crippen molar-refractivity contribution in [2.75, 3.05) is 14.2 Å². The molecule has 0 aliphatic heterocycles. The smallest absolute Gasteiger partial charge is 0.237 e. The molecule has 0 radical (unpaired) electrons. The molecule has 2 rings (SSSR count). The molecule has 0 bridgehead atoms. The van der Waals surface area contributed by atoms with Gasteiger partial charge in [0.25, 0.3) is 0 Å². The molecule has 0 fully saturated rings. The molecule has 23 heavy (non-hydrogen) atoms. The number of carbonyl (C=O) groups is 1. The van der Waals surface area contributed by atoms with Gasteiger partial charge in [0, 0.05) is 6.54 Å². The van der Waals surface area contributed by atoms with Gasteiger partial charge in [-0.05, 0) is 59.7 Å². The zero-order chi connectivity index (χ0) is 16.8. The molecule has 1 aromatic carbocycles. The van der Waals surface area contributed by atoms with Crippen molar-refractivity contribution in [2.24, 2.45) is 0 Å². The standard InChI is InChI=1S/C17H21BrN2O3/c1-12(20(2)11-15-7-8-16(18)23-15)17(21)19-10-13-5-4-6-14(9-13)22-3/h4-9,12H,10-11H2,1-3H3,(H,19,21). The van der Waals surface area contributed by atoms with E-state index in [0.717, 1.165) is 17.1 Å². The first kappa shape index (κ1) is 17.6. The Kier molecular flexibility index (Phi) is 6.24. The molecule has 1 unspecified atom stereocenters. The van der Waals surface area contributed by atoms with Crippen LogP contribution < -0.4 is 10.1 Å². The van der Waals surface area contributed by atoms with Crippen LogP contribution in [0.1, 0.15) is 18.2 Å². The summed E-state index contributed by atoms with van der Waals surface area (Å²) in [5, 5.41) is 2.95. The second-order valence-electron chi connectivity index (χ2n) is 5.37. The summed E-state index contributed by atoms with van der Waals surface area (Å²) < 4.78 is 11.3. The topological polar surface area (TPSA) is 54.7 Å². The summed E-state index contributed by atoms with van der Waals surface area (Å²) in [5.41, 5.74) is 1.00. The van der Waals surface area contributed by atoms with E-state index in [1.54, 1.807) is 7.11 Å². The van der Waals surface area contributed by atoms with Crippen molar-refractivity contribution in [3.63, 3.8) is 0 Å². The minimum absolute atomic E-state index is 0.0269. The lowest BCUT2D eigenvalue weighted by atomic mass is 10.2. The molecule has 6 heteroatoms. The first-order valence-electron chi connectivity index (χ1n) is 7.34. The maximum atomic E-state index is 12.3. The van der Waals surface area contributed by atoms with Crippen LogP contribution in [0, 0.1) is 0 Å². The summed E-state index contributed by atoms with van der Waals surface area (Å²) in [6.45, 7) is 2.92. The quantitative estimate of drug-likeness (QED) is 0.801. The van der Waals surface area contributed by atoms with Crippen molar-refractivity contribution in [2.45, 2.75) is 26.1 Å². The lowest BCUT2D eigenvalue weighted by Crippen LogP contribution is -2.42. The van der Waals surface area contributed by atoms with Crippen molar-refractivity contribution in [3.8, 4) is 5.75 Å². The Labute approximate surface area is 144 Å². The van der Waals surface area contributed by atoms with Crippen LogP contribution in [0.2, 0.25) is 0 Å². The third-order valence-corrected chi connectivity index (χ3v) is 4.10. The molecule has 1 amide bonds. The molecule has 1 heterocycles. The van der Waals surface area contributed by atoms with Crippen LogP contribution in [-0.4, -0.2) is 31.0 Å². The Morgan fingerprint density at radius 1 is 1.39 bits per heavy atom. The Hall–Kier alpha value is -1.79. The van der Waals surface area contributed by atoms with Gasteiger partial charge < -0.3 is 14.5 Å². The Balaban J connectivity index is 1.86. The second kappa shape index (κ2) is 8.17. The monoisotopic (exact) mass is 380 g/mol. The van der Waals surface area contributed by atoms with Crippen LogP contribution in [0.5, 0.6) is 5.75 Å². The fourth-order valence-corrected chi connectivity index (χ4v) is 2.48. The molecular formula is C17H21BrN2O3. The number of ether oxygens (including phenoxy) is 1. The molecule has 0 saturated carbocycles. The minimum Gasteiger partial charge on any atom is -0.497 e. The molecule has 1 N–H and O–H groups in total. The number of halogens is 1. The molecular weight excluding hydrogens is 360 g/mol. The fraction of sp³-hybridized carbons (Fsp3) is 0.353. The normalized spacial score (nSPS) is 12.2. The number of hydrogen-bond acceptors (Lipinski definition) is 4. The van der Waals surface area contributed by atoms with E-state index in [1.807, 2.05) is 55.3 Å². The van der Waals surface area contributed by atoms with Crippen molar-refractivity contribution in [3.05, 3.63) is 52.4 Å². The Morgan fingerprint density at radius 3 is 2.83 bits per heavy atom. The first-order valence-corrected chi connectivity index (χ1v) is 8.14. The van der Waals surface area contributed by atoms with Crippen molar-refractivity contribution < 1.29 is 13.9 Å². The summed E-state index contributed by atoms with van der Waals surface area (Å²) in [6.07, 6.45) is 0. The lowest BCUT2D eigenvalue weighted by Gasteiger charge is -2.22. The highest BCUT2D eigenvalue weighted by Crippen LogP contribution is 2.16. The molecule has 0 aliphatic rings. The summed E-state index contributed by atoms with van der Waals surface area (Å²) >= 11 is 3.28. The van der Waals surface area contributed by atoms with Crippen LogP contribution in [0.3, 0.4) is 0 Å². The number of methoxy groups -OCH3 is 1. The number of nitrogens with one attached hydrogen (secondary N) is 1. The maximum absolute atomic E-state index is 12.3. The molecule has 5 nitrogen and oxygen atoms in total. The van der Waals surface area contributed by atoms with E-state index in [9.17, 15) is 4.79 Å². The number of rotatable bonds is 7. The van der Waals surface area contributed by atoms with Gasteiger partial charge in [-0.15, -0.1) is 0 Å². The van der Waals surface area contributed by atoms with Crippen LogP contribution in [0.25, 0.3) is 0 Å². The molecule has 0 saturated heterocycles. The predicted molar refractivity (Wildman–Crippen MR) is 92.2 cm³/mol. The van der Waals surface area contributed by atoms with Gasteiger partial charge in [0.2, 0.25) is 5.91 Å². The van der Waals surface area contributed by atoms with Gasteiger partial charge in [-0.25, -0.2) is 0 Å².